The lowest BCUT2D eigenvalue weighted by molar-refractivity contribution is -0.132. The maximum atomic E-state index is 13.0. The van der Waals surface area contributed by atoms with Crippen LogP contribution in [0.15, 0.2) is 40.9 Å². The maximum Gasteiger partial charge on any atom is 0.228 e. The molecule has 2 amide bonds. The van der Waals surface area contributed by atoms with Gasteiger partial charge < -0.3 is 14.7 Å². The second kappa shape index (κ2) is 6.59. The van der Waals surface area contributed by atoms with Crippen LogP contribution in [0.4, 0.5) is 0 Å². The van der Waals surface area contributed by atoms with Crippen molar-refractivity contribution in [1.29, 1.82) is 0 Å². The predicted molar refractivity (Wildman–Crippen MR) is 96.1 cm³/mol. The first-order chi connectivity index (χ1) is 12.6. The van der Waals surface area contributed by atoms with Crippen LogP contribution in [0.2, 0.25) is 0 Å². The lowest BCUT2D eigenvalue weighted by Crippen LogP contribution is -2.45. The number of hydrogen-bond acceptors (Lipinski definition) is 4. The van der Waals surface area contributed by atoms with Crippen molar-refractivity contribution >= 4 is 11.8 Å². The standard InChI is InChI=1S/C20H23N3O3/c1-14(24)23-10-9-20(13-23,19(25)21-16-7-8-16)12-17-11-18(22-26-17)15-5-3-2-4-6-15/h2-6,11,16H,7-10,12-13H2,1H3,(H,21,25). The Morgan fingerprint density at radius 1 is 1.31 bits per heavy atom. The van der Waals surface area contributed by atoms with Crippen molar-refractivity contribution in [2.45, 2.75) is 38.6 Å². The lowest BCUT2D eigenvalue weighted by atomic mass is 9.81. The molecule has 1 N–H and O–H groups in total. The maximum absolute atomic E-state index is 13.0. The molecule has 1 aliphatic carbocycles. The molecule has 136 valence electrons. The molecule has 2 aliphatic rings. The Hall–Kier alpha value is -2.63. The van der Waals surface area contributed by atoms with Gasteiger partial charge in [-0.2, -0.15) is 0 Å². The molecule has 1 aliphatic heterocycles. The fraction of sp³-hybridized carbons (Fsp3) is 0.450. The van der Waals surface area contributed by atoms with Gasteiger partial charge in [0.25, 0.3) is 0 Å². The first-order valence-corrected chi connectivity index (χ1v) is 9.13. The number of amides is 2. The monoisotopic (exact) mass is 353 g/mol. The summed E-state index contributed by atoms with van der Waals surface area (Å²) >= 11 is 0. The van der Waals surface area contributed by atoms with E-state index in [1.54, 1.807) is 11.8 Å². The van der Waals surface area contributed by atoms with Gasteiger partial charge in [-0.1, -0.05) is 35.5 Å². The molecule has 6 nitrogen and oxygen atoms in total. The van der Waals surface area contributed by atoms with E-state index in [2.05, 4.69) is 10.5 Å². The largest absolute Gasteiger partial charge is 0.361 e. The molecule has 0 spiro atoms. The quantitative estimate of drug-likeness (QED) is 0.896. The highest BCUT2D eigenvalue weighted by atomic mass is 16.5. The number of carbonyl (C=O) groups excluding carboxylic acids is 2. The van der Waals surface area contributed by atoms with Crippen LogP contribution in [-0.2, 0) is 16.0 Å². The van der Waals surface area contributed by atoms with Crippen LogP contribution in [0.25, 0.3) is 11.3 Å². The Kier molecular flexibility index (Phi) is 4.26. The second-order valence-electron chi connectivity index (χ2n) is 7.44. The van der Waals surface area contributed by atoms with E-state index >= 15 is 0 Å². The average molecular weight is 353 g/mol. The number of aromatic nitrogens is 1. The van der Waals surface area contributed by atoms with Crippen LogP contribution in [0.1, 0.15) is 31.9 Å². The zero-order chi connectivity index (χ0) is 18.1. The van der Waals surface area contributed by atoms with E-state index in [-0.39, 0.29) is 11.8 Å². The Morgan fingerprint density at radius 2 is 2.08 bits per heavy atom. The van der Waals surface area contributed by atoms with Gasteiger partial charge in [-0.3, -0.25) is 9.59 Å². The summed E-state index contributed by atoms with van der Waals surface area (Å²) in [6, 6.07) is 12.0. The van der Waals surface area contributed by atoms with Gasteiger partial charge in [-0.15, -0.1) is 0 Å². The van der Waals surface area contributed by atoms with Gasteiger partial charge in [0.1, 0.15) is 11.5 Å². The van der Waals surface area contributed by atoms with Gasteiger partial charge in [0, 0.05) is 44.1 Å². The zero-order valence-corrected chi connectivity index (χ0v) is 14.9. The molecule has 6 heteroatoms. The molecule has 2 aromatic rings. The normalized spacial score (nSPS) is 22.4. The first kappa shape index (κ1) is 16.8. The smallest absolute Gasteiger partial charge is 0.228 e. The van der Waals surface area contributed by atoms with E-state index in [0.29, 0.717) is 37.7 Å². The second-order valence-corrected chi connectivity index (χ2v) is 7.44. The van der Waals surface area contributed by atoms with E-state index < -0.39 is 5.41 Å². The van der Waals surface area contributed by atoms with E-state index in [4.69, 9.17) is 4.52 Å². The summed E-state index contributed by atoms with van der Waals surface area (Å²) in [7, 11) is 0. The zero-order valence-electron chi connectivity index (χ0n) is 14.9. The van der Waals surface area contributed by atoms with Crippen LogP contribution in [-0.4, -0.2) is 41.0 Å². The van der Waals surface area contributed by atoms with E-state index in [0.717, 1.165) is 24.1 Å². The van der Waals surface area contributed by atoms with Crippen molar-refractivity contribution in [2.24, 2.45) is 5.41 Å². The van der Waals surface area contributed by atoms with Crippen LogP contribution < -0.4 is 5.32 Å². The highest BCUT2D eigenvalue weighted by Crippen LogP contribution is 2.36. The van der Waals surface area contributed by atoms with E-state index in [1.807, 2.05) is 36.4 Å². The summed E-state index contributed by atoms with van der Waals surface area (Å²) in [6.45, 7) is 2.59. The van der Waals surface area contributed by atoms with Crippen LogP contribution in [0, 0.1) is 5.41 Å². The SMILES string of the molecule is CC(=O)N1CCC(Cc2cc(-c3ccccc3)no2)(C(=O)NC2CC2)C1. The number of nitrogens with zero attached hydrogens (tertiary/aromatic N) is 2. The molecule has 26 heavy (non-hydrogen) atoms. The molecule has 4 rings (SSSR count). The molecule has 1 unspecified atom stereocenters. The van der Waals surface area contributed by atoms with Crippen molar-refractivity contribution in [3.63, 3.8) is 0 Å². The summed E-state index contributed by atoms with van der Waals surface area (Å²) in [5.41, 5.74) is 1.11. The Labute approximate surface area is 152 Å². The summed E-state index contributed by atoms with van der Waals surface area (Å²) in [4.78, 5) is 26.5. The summed E-state index contributed by atoms with van der Waals surface area (Å²) in [5, 5.41) is 7.27. The summed E-state index contributed by atoms with van der Waals surface area (Å²) in [5.74, 6) is 0.718. The summed E-state index contributed by atoms with van der Waals surface area (Å²) < 4.78 is 5.54. The number of likely N-dealkylation sites (tertiary alicyclic amines) is 1. The third-order valence-electron chi connectivity index (χ3n) is 5.33. The molecule has 2 fully saturated rings. The van der Waals surface area contributed by atoms with Gasteiger partial charge >= 0.3 is 0 Å². The molecule has 1 aromatic heterocycles. The lowest BCUT2D eigenvalue weighted by Gasteiger charge is -2.27. The first-order valence-electron chi connectivity index (χ1n) is 9.13. The molecule has 0 bridgehead atoms. The minimum absolute atomic E-state index is 0.00800. The van der Waals surface area contributed by atoms with E-state index in [9.17, 15) is 9.59 Å². The third-order valence-corrected chi connectivity index (χ3v) is 5.33. The van der Waals surface area contributed by atoms with Gasteiger partial charge in [0.15, 0.2) is 0 Å². The predicted octanol–water partition coefficient (Wildman–Crippen LogP) is 2.40. The Balaban J connectivity index is 1.56. The highest BCUT2D eigenvalue weighted by molar-refractivity contribution is 5.85. The number of benzene rings is 1. The molecule has 1 saturated heterocycles. The van der Waals surface area contributed by atoms with Crippen LogP contribution in [0.5, 0.6) is 0 Å². The Bertz CT molecular complexity index is 813. The van der Waals surface area contributed by atoms with Crippen molar-refractivity contribution < 1.29 is 14.1 Å². The molecule has 1 saturated carbocycles. The van der Waals surface area contributed by atoms with Gasteiger partial charge in [-0.05, 0) is 19.3 Å². The minimum Gasteiger partial charge on any atom is -0.361 e. The molecule has 0 radical (unpaired) electrons. The van der Waals surface area contributed by atoms with Crippen molar-refractivity contribution in [3.8, 4) is 11.3 Å². The molecular formula is C20H23N3O3. The molecule has 2 heterocycles. The number of nitrogens with one attached hydrogen (secondary N) is 1. The Morgan fingerprint density at radius 3 is 2.73 bits per heavy atom. The molecule has 1 atom stereocenters. The third kappa shape index (κ3) is 3.36. The number of carbonyl (C=O) groups is 2. The average Bonchev–Trinajstić information content (AvgIpc) is 3.17. The minimum atomic E-state index is -0.637. The summed E-state index contributed by atoms with van der Waals surface area (Å²) in [6.07, 6.45) is 3.18. The van der Waals surface area contributed by atoms with Gasteiger partial charge in [0.2, 0.25) is 11.8 Å². The molecular weight excluding hydrogens is 330 g/mol. The van der Waals surface area contributed by atoms with Crippen LogP contribution in [0.3, 0.4) is 0 Å². The van der Waals surface area contributed by atoms with Crippen molar-refractivity contribution in [2.75, 3.05) is 13.1 Å². The van der Waals surface area contributed by atoms with Crippen molar-refractivity contribution in [1.82, 2.24) is 15.4 Å². The fourth-order valence-electron chi connectivity index (χ4n) is 3.59. The molecule has 1 aromatic carbocycles. The van der Waals surface area contributed by atoms with Gasteiger partial charge in [-0.25, -0.2) is 0 Å². The number of hydrogen-bond donors (Lipinski definition) is 1. The highest BCUT2D eigenvalue weighted by Gasteiger charge is 2.47. The van der Waals surface area contributed by atoms with Gasteiger partial charge in [0.05, 0.1) is 5.41 Å². The van der Waals surface area contributed by atoms with Crippen molar-refractivity contribution in [3.05, 3.63) is 42.2 Å². The van der Waals surface area contributed by atoms with E-state index in [1.165, 1.54) is 0 Å². The topological polar surface area (TPSA) is 75.4 Å². The number of rotatable bonds is 5. The fourth-order valence-corrected chi connectivity index (χ4v) is 3.59. The van der Waals surface area contributed by atoms with Crippen LogP contribution >= 0.6 is 0 Å².